The molecule has 1 aliphatic rings. The van der Waals surface area contributed by atoms with Crippen LogP contribution in [0.15, 0.2) is 42.5 Å². The van der Waals surface area contributed by atoms with Gasteiger partial charge in [-0.3, -0.25) is 9.59 Å². The fourth-order valence-electron chi connectivity index (χ4n) is 2.90. The Morgan fingerprint density at radius 2 is 1.89 bits per heavy atom. The molecule has 0 aromatic heterocycles. The first kappa shape index (κ1) is 18.7. The maximum absolute atomic E-state index is 11.9. The molecule has 7 nitrogen and oxygen atoms in total. The van der Waals surface area contributed by atoms with E-state index in [2.05, 4.69) is 10.6 Å². The highest BCUT2D eigenvalue weighted by Crippen LogP contribution is 2.20. The van der Waals surface area contributed by atoms with E-state index in [-0.39, 0.29) is 12.5 Å². The van der Waals surface area contributed by atoms with Crippen LogP contribution in [-0.2, 0) is 19.1 Å². The van der Waals surface area contributed by atoms with Crippen molar-refractivity contribution in [1.82, 2.24) is 10.6 Å². The lowest BCUT2D eigenvalue weighted by Gasteiger charge is -2.15. The lowest BCUT2D eigenvalue weighted by Crippen LogP contribution is -2.46. The normalized spacial score (nSPS) is 16.9. The van der Waals surface area contributed by atoms with Gasteiger partial charge in [0.1, 0.15) is 11.8 Å². The van der Waals surface area contributed by atoms with Crippen molar-refractivity contribution in [2.45, 2.75) is 25.3 Å². The van der Waals surface area contributed by atoms with Crippen molar-refractivity contribution in [1.29, 1.82) is 0 Å². The molecular formula is C20H22N2O5. The Kier molecular flexibility index (Phi) is 6.25. The van der Waals surface area contributed by atoms with E-state index in [1.54, 1.807) is 6.07 Å². The van der Waals surface area contributed by atoms with Gasteiger partial charge in [0, 0.05) is 6.54 Å². The third-order valence-corrected chi connectivity index (χ3v) is 4.31. The highest BCUT2D eigenvalue weighted by Gasteiger charge is 2.22. The van der Waals surface area contributed by atoms with E-state index in [4.69, 9.17) is 9.47 Å². The van der Waals surface area contributed by atoms with E-state index >= 15 is 0 Å². The summed E-state index contributed by atoms with van der Waals surface area (Å²) in [4.78, 5) is 35.5. The summed E-state index contributed by atoms with van der Waals surface area (Å²) in [7, 11) is 0. The van der Waals surface area contributed by atoms with Gasteiger partial charge in [-0.05, 0) is 42.2 Å². The molecular weight excluding hydrogens is 348 g/mol. The number of carbonyl (C=O) groups excluding carboxylic acids is 3. The Balaban J connectivity index is 1.42. The lowest BCUT2D eigenvalue weighted by atomic mass is 10.1. The van der Waals surface area contributed by atoms with Gasteiger partial charge in [-0.25, -0.2) is 4.79 Å². The molecule has 1 aliphatic heterocycles. The summed E-state index contributed by atoms with van der Waals surface area (Å²) >= 11 is 0. The topological polar surface area (TPSA) is 93.7 Å². The summed E-state index contributed by atoms with van der Waals surface area (Å²) in [6, 6.07) is 12.7. The van der Waals surface area contributed by atoms with Gasteiger partial charge < -0.3 is 20.1 Å². The van der Waals surface area contributed by atoms with Crippen LogP contribution in [0.25, 0.3) is 10.8 Å². The summed E-state index contributed by atoms with van der Waals surface area (Å²) in [5.74, 6) is -0.809. The van der Waals surface area contributed by atoms with Crippen molar-refractivity contribution in [2.75, 3.05) is 19.8 Å². The molecule has 27 heavy (non-hydrogen) atoms. The standard InChI is InChI=1S/C20H22N2O5/c23-18(22-17-7-3-4-10-21-20(17)25)12-27-19(24)13-26-16-9-8-14-5-1-2-6-15(14)11-16/h1-2,5-6,8-9,11,17H,3-4,7,10,12-13H2,(H,21,25)(H,22,23)/t17-/m1/s1. The van der Waals surface area contributed by atoms with E-state index in [0.717, 1.165) is 23.6 Å². The molecule has 2 N–H and O–H groups in total. The molecule has 1 heterocycles. The van der Waals surface area contributed by atoms with Crippen LogP contribution in [-0.4, -0.2) is 43.6 Å². The quantitative estimate of drug-likeness (QED) is 0.753. The third-order valence-electron chi connectivity index (χ3n) is 4.31. The maximum atomic E-state index is 11.9. The van der Waals surface area contributed by atoms with Crippen molar-refractivity contribution < 1.29 is 23.9 Å². The zero-order valence-electron chi connectivity index (χ0n) is 14.9. The zero-order chi connectivity index (χ0) is 19.1. The van der Waals surface area contributed by atoms with Crippen LogP contribution in [0.2, 0.25) is 0 Å². The van der Waals surface area contributed by atoms with Crippen LogP contribution in [0.3, 0.4) is 0 Å². The molecule has 1 fully saturated rings. The molecule has 0 bridgehead atoms. The van der Waals surface area contributed by atoms with E-state index in [1.807, 2.05) is 36.4 Å². The highest BCUT2D eigenvalue weighted by atomic mass is 16.6. The van der Waals surface area contributed by atoms with Gasteiger partial charge in [-0.2, -0.15) is 0 Å². The number of rotatable bonds is 6. The van der Waals surface area contributed by atoms with E-state index in [1.165, 1.54) is 0 Å². The molecule has 2 amide bonds. The lowest BCUT2D eigenvalue weighted by molar-refractivity contribution is -0.150. The fourth-order valence-corrected chi connectivity index (χ4v) is 2.90. The molecule has 0 spiro atoms. The van der Waals surface area contributed by atoms with Gasteiger partial charge in [0.15, 0.2) is 13.2 Å². The van der Waals surface area contributed by atoms with E-state index in [0.29, 0.717) is 18.7 Å². The molecule has 0 unspecified atom stereocenters. The van der Waals surface area contributed by atoms with Crippen LogP contribution in [0, 0.1) is 0 Å². The second-order valence-electron chi connectivity index (χ2n) is 6.37. The Labute approximate surface area is 157 Å². The fraction of sp³-hybridized carbons (Fsp3) is 0.350. The minimum atomic E-state index is -0.649. The van der Waals surface area contributed by atoms with Crippen molar-refractivity contribution >= 4 is 28.6 Å². The first-order valence-corrected chi connectivity index (χ1v) is 8.96. The summed E-state index contributed by atoms with van der Waals surface area (Å²) in [6.07, 6.45) is 2.32. The molecule has 0 aliphatic carbocycles. The number of esters is 1. The number of ether oxygens (including phenoxy) is 2. The molecule has 2 aromatic rings. The van der Waals surface area contributed by atoms with Gasteiger partial charge in [-0.15, -0.1) is 0 Å². The Bertz CT molecular complexity index is 836. The average molecular weight is 370 g/mol. The molecule has 1 saturated heterocycles. The highest BCUT2D eigenvalue weighted by molar-refractivity contribution is 5.89. The minimum absolute atomic E-state index is 0.202. The summed E-state index contributed by atoms with van der Waals surface area (Å²) in [5, 5.41) is 7.40. The zero-order valence-corrected chi connectivity index (χ0v) is 14.9. The second-order valence-corrected chi connectivity index (χ2v) is 6.37. The first-order valence-electron chi connectivity index (χ1n) is 8.96. The number of amides is 2. The smallest absolute Gasteiger partial charge is 0.344 e. The largest absolute Gasteiger partial charge is 0.482 e. The Morgan fingerprint density at radius 3 is 2.74 bits per heavy atom. The Morgan fingerprint density at radius 1 is 1.07 bits per heavy atom. The summed E-state index contributed by atoms with van der Waals surface area (Å²) in [5.41, 5.74) is 0. The van der Waals surface area contributed by atoms with Crippen molar-refractivity contribution in [2.24, 2.45) is 0 Å². The van der Waals surface area contributed by atoms with Gasteiger partial charge in [0.2, 0.25) is 5.91 Å². The molecule has 0 saturated carbocycles. The van der Waals surface area contributed by atoms with Crippen LogP contribution < -0.4 is 15.4 Å². The SMILES string of the molecule is O=C(COC(=O)COc1ccc2ccccc2c1)N[C@@H]1CCCCNC1=O. The average Bonchev–Trinajstić information content (AvgIpc) is 2.89. The van der Waals surface area contributed by atoms with Crippen molar-refractivity contribution in [3.8, 4) is 5.75 Å². The summed E-state index contributed by atoms with van der Waals surface area (Å²) in [6.45, 7) is -0.120. The minimum Gasteiger partial charge on any atom is -0.482 e. The molecule has 3 rings (SSSR count). The molecule has 2 aromatic carbocycles. The van der Waals surface area contributed by atoms with Gasteiger partial charge >= 0.3 is 5.97 Å². The van der Waals surface area contributed by atoms with Crippen LogP contribution in [0.1, 0.15) is 19.3 Å². The maximum Gasteiger partial charge on any atom is 0.344 e. The molecule has 0 radical (unpaired) electrons. The van der Waals surface area contributed by atoms with Crippen molar-refractivity contribution in [3.63, 3.8) is 0 Å². The summed E-state index contributed by atoms with van der Waals surface area (Å²) < 4.78 is 10.3. The van der Waals surface area contributed by atoms with Gasteiger partial charge in [0.25, 0.3) is 5.91 Å². The van der Waals surface area contributed by atoms with Crippen molar-refractivity contribution in [3.05, 3.63) is 42.5 Å². The van der Waals surface area contributed by atoms with Gasteiger partial charge in [-0.1, -0.05) is 30.3 Å². The molecule has 7 heteroatoms. The number of nitrogens with one attached hydrogen (secondary N) is 2. The first-order chi connectivity index (χ1) is 13.1. The number of benzene rings is 2. The van der Waals surface area contributed by atoms with E-state index in [9.17, 15) is 14.4 Å². The predicted octanol–water partition coefficient (Wildman–Crippen LogP) is 1.55. The monoisotopic (exact) mass is 370 g/mol. The Hall–Kier alpha value is -3.09. The number of carbonyl (C=O) groups is 3. The number of hydrogen-bond donors (Lipinski definition) is 2. The second kappa shape index (κ2) is 9.02. The van der Waals surface area contributed by atoms with Crippen LogP contribution in [0.5, 0.6) is 5.75 Å². The number of hydrogen-bond acceptors (Lipinski definition) is 5. The molecule has 1 atom stereocenters. The van der Waals surface area contributed by atoms with Crippen LogP contribution in [0.4, 0.5) is 0 Å². The van der Waals surface area contributed by atoms with E-state index < -0.39 is 24.5 Å². The van der Waals surface area contributed by atoms with Gasteiger partial charge in [0.05, 0.1) is 0 Å². The molecule has 142 valence electrons. The van der Waals surface area contributed by atoms with Crippen LogP contribution >= 0.6 is 0 Å². The number of fused-ring (bicyclic) bond motifs is 1. The predicted molar refractivity (Wildman–Crippen MR) is 99.2 cm³/mol. The third kappa shape index (κ3) is 5.44.